The maximum absolute atomic E-state index is 12.8. The van der Waals surface area contributed by atoms with Gasteiger partial charge in [0.15, 0.2) is 0 Å². The smallest absolute Gasteiger partial charge is 0.280 e. The van der Waals surface area contributed by atoms with Crippen molar-refractivity contribution in [3.8, 4) is 5.75 Å². The van der Waals surface area contributed by atoms with Crippen LogP contribution >= 0.6 is 0 Å². The third kappa shape index (κ3) is 3.79. The van der Waals surface area contributed by atoms with Crippen molar-refractivity contribution in [3.05, 3.63) is 47.8 Å². The van der Waals surface area contributed by atoms with Gasteiger partial charge in [0.1, 0.15) is 17.3 Å². The van der Waals surface area contributed by atoms with Gasteiger partial charge in [-0.3, -0.25) is 9.48 Å². The molecule has 0 unspecified atom stereocenters. The van der Waals surface area contributed by atoms with Crippen molar-refractivity contribution in [2.75, 3.05) is 5.32 Å². The molecular weight excluding hydrogens is 342 g/mol. The van der Waals surface area contributed by atoms with Crippen LogP contribution in [0.25, 0.3) is 10.9 Å². The van der Waals surface area contributed by atoms with Gasteiger partial charge >= 0.3 is 0 Å². The Hall–Kier alpha value is -3.03. The van der Waals surface area contributed by atoms with Crippen molar-refractivity contribution in [1.29, 1.82) is 0 Å². The molecule has 8 heteroatoms. The third-order valence-corrected chi connectivity index (χ3v) is 3.56. The number of pyridine rings is 1. The van der Waals surface area contributed by atoms with Gasteiger partial charge < -0.3 is 10.1 Å². The summed E-state index contributed by atoms with van der Waals surface area (Å²) in [6.07, 6.45) is -1.08. The molecule has 3 rings (SSSR count). The molecule has 2 aromatic heterocycles. The van der Waals surface area contributed by atoms with Crippen LogP contribution in [0.15, 0.2) is 36.5 Å². The van der Waals surface area contributed by atoms with Gasteiger partial charge in [0.2, 0.25) is 0 Å². The Bertz CT molecular complexity index is 954. The van der Waals surface area contributed by atoms with Crippen molar-refractivity contribution >= 4 is 22.6 Å². The first kappa shape index (κ1) is 17.8. The number of amides is 1. The molecule has 1 N–H and O–H groups in total. The van der Waals surface area contributed by atoms with Gasteiger partial charge in [0.25, 0.3) is 12.3 Å². The minimum atomic E-state index is -2.71. The molecular formula is C18H18F2N4O2. The van der Waals surface area contributed by atoms with E-state index in [-0.39, 0.29) is 17.5 Å². The van der Waals surface area contributed by atoms with E-state index in [0.29, 0.717) is 11.3 Å². The largest absolute Gasteiger partial charge is 0.490 e. The van der Waals surface area contributed by atoms with E-state index in [4.69, 9.17) is 4.74 Å². The van der Waals surface area contributed by atoms with E-state index >= 15 is 0 Å². The van der Waals surface area contributed by atoms with Crippen molar-refractivity contribution in [3.63, 3.8) is 0 Å². The number of aryl methyl sites for hydroxylation is 1. The minimum Gasteiger partial charge on any atom is -0.490 e. The van der Waals surface area contributed by atoms with E-state index in [0.717, 1.165) is 5.39 Å². The summed E-state index contributed by atoms with van der Waals surface area (Å²) in [6, 6.07) is 7.42. The molecule has 1 aromatic carbocycles. The highest BCUT2D eigenvalue weighted by molar-refractivity contribution is 6.08. The van der Waals surface area contributed by atoms with Gasteiger partial charge in [-0.1, -0.05) is 6.07 Å². The van der Waals surface area contributed by atoms with Crippen LogP contribution in [-0.2, 0) is 7.05 Å². The summed E-state index contributed by atoms with van der Waals surface area (Å²) in [4.78, 5) is 16.5. The summed E-state index contributed by atoms with van der Waals surface area (Å²) in [5.41, 5.74) is 0.574. The average molecular weight is 360 g/mol. The van der Waals surface area contributed by atoms with Crippen molar-refractivity contribution in [2.45, 2.75) is 26.4 Å². The lowest BCUT2D eigenvalue weighted by Crippen LogP contribution is -2.16. The number of halogens is 2. The summed E-state index contributed by atoms with van der Waals surface area (Å²) in [5.74, 6) is -0.0754. The molecule has 0 saturated carbocycles. The number of carbonyl (C=O) groups excluding carboxylic acids is 1. The van der Waals surface area contributed by atoms with Crippen molar-refractivity contribution in [2.24, 2.45) is 7.05 Å². The quantitative estimate of drug-likeness (QED) is 0.748. The molecule has 0 radical (unpaired) electrons. The van der Waals surface area contributed by atoms with E-state index in [1.165, 1.54) is 18.2 Å². The average Bonchev–Trinajstić information content (AvgIpc) is 2.92. The molecule has 0 aliphatic heterocycles. The van der Waals surface area contributed by atoms with Crippen LogP contribution in [0.4, 0.5) is 14.6 Å². The van der Waals surface area contributed by atoms with Crippen LogP contribution in [0.5, 0.6) is 5.75 Å². The fourth-order valence-corrected chi connectivity index (χ4v) is 2.53. The van der Waals surface area contributed by atoms with E-state index < -0.39 is 18.0 Å². The minimum absolute atomic E-state index is 0.0505. The van der Waals surface area contributed by atoms with E-state index in [1.807, 2.05) is 13.8 Å². The maximum atomic E-state index is 12.8. The molecule has 0 bridgehead atoms. The lowest BCUT2D eigenvalue weighted by molar-refractivity contribution is 0.102. The number of nitrogens with one attached hydrogen (secondary N) is 1. The van der Waals surface area contributed by atoms with Gasteiger partial charge in [-0.15, -0.1) is 0 Å². The number of benzene rings is 1. The monoisotopic (exact) mass is 360 g/mol. The Morgan fingerprint density at radius 3 is 2.73 bits per heavy atom. The number of anilines is 1. The van der Waals surface area contributed by atoms with Crippen LogP contribution in [-0.4, -0.2) is 26.8 Å². The van der Waals surface area contributed by atoms with E-state index in [1.54, 1.807) is 30.1 Å². The zero-order valence-electron chi connectivity index (χ0n) is 14.5. The highest BCUT2D eigenvalue weighted by atomic mass is 19.3. The Balaban J connectivity index is 1.96. The molecule has 1 amide bonds. The zero-order valence-corrected chi connectivity index (χ0v) is 14.5. The summed E-state index contributed by atoms with van der Waals surface area (Å²) in [7, 11) is 1.78. The summed E-state index contributed by atoms with van der Waals surface area (Å²) in [5, 5.41) is 7.62. The molecule has 0 saturated heterocycles. The van der Waals surface area contributed by atoms with Gasteiger partial charge in [-0.25, -0.2) is 13.8 Å². The van der Waals surface area contributed by atoms with Crippen molar-refractivity contribution < 1.29 is 18.3 Å². The predicted octanol–water partition coefficient (Wildman–Crippen LogP) is 3.95. The number of hydrogen-bond donors (Lipinski definition) is 1. The van der Waals surface area contributed by atoms with Crippen LogP contribution in [0.2, 0.25) is 0 Å². The first-order valence-corrected chi connectivity index (χ1v) is 8.04. The molecule has 0 aliphatic rings. The highest BCUT2D eigenvalue weighted by Gasteiger charge is 2.18. The Labute approximate surface area is 148 Å². The molecule has 136 valence electrons. The van der Waals surface area contributed by atoms with E-state index in [9.17, 15) is 13.6 Å². The van der Waals surface area contributed by atoms with Crippen LogP contribution in [0.1, 0.15) is 36.3 Å². The summed E-state index contributed by atoms with van der Waals surface area (Å²) >= 11 is 0. The number of ether oxygens (including phenoxy) is 1. The topological polar surface area (TPSA) is 69.0 Å². The van der Waals surface area contributed by atoms with Crippen LogP contribution in [0, 0.1) is 0 Å². The lowest BCUT2D eigenvalue weighted by Gasteiger charge is -2.14. The first-order chi connectivity index (χ1) is 12.3. The van der Waals surface area contributed by atoms with Gasteiger partial charge in [0.05, 0.1) is 17.2 Å². The van der Waals surface area contributed by atoms with Gasteiger partial charge in [0, 0.05) is 24.7 Å². The van der Waals surface area contributed by atoms with E-state index in [2.05, 4.69) is 15.4 Å². The second-order valence-corrected chi connectivity index (χ2v) is 6.08. The molecule has 0 aliphatic carbocycles. The molecule has 0 atom stereocenters. The first-order valence-electron chi connectivity index (χ1n) is 8.04. The SMILES string of the molecule is CC(C)Oc1cc2nn(C)cc2cc1C(=O)Nc1cccc(C(F)F)n1. The summed E-state index contributed by atoms with van der Waals surface area (Å²) in [6.45, 7) is 3.69. The zero-order chi connectivity index (χ0) is 18.8. The third-order valence-electron chi connectivity index (χ3n) is 3.56. The second kappa shape index (κ2) is 7.07. The normalized spacial score (nSPS) is 11.3. The fourth-order valence-electron chi connectivity index (χ4n) is 2.53. The predicted molar refractivity (Wildman–Crippen MR) is 93.6 cm³/mol. The summed E-state index contributed by atoms with van der Waals surface area (Å²) < 4.78 is 32.9. The number of alkyl halides is 2. The number of nitrogens with zero attached hydrogens (tertiary/aromatic N) is 3. The Morgan fingerprint density at radius 2 is 2.04 bits per heavy atom. The second-order valence-electron chi connectivity index (χ2n) is 6.08. The van der Waals surface area contributed by atoms with Crippen LogP contribution < -0.4 is 10.1 Å². The molecule has 0 spiro atoms. The number of rotatable bonds is 5. The number of aromatic nitrogens is 3. The number of hydrogen-bond acceptors (Lipinski definition) is 4. The van der Waals surface area contributed by atoms with Gasteiger partial charge in [-0.05, 0) is 32.0 Å². The molecule has 6 nitrogen and oxygen atoms in total. The fraction of sp³-hybridized carbons (Fsp3) is 0.278. The standard InChI is InChI=1S/C18H18F2N4O2/c1-10(2)26-15-8-14-11(9-24(3)23-14)7-12(15)18(25)22-16-6-4-5-13(21-16)17(19)20/h4-10,17H,1-3H3,(H,21,22,25). The highest BCUT2D eigenvalue weighted by Crippen LogP contribution is 2.27. The van der Waals surface area contributed by atoms with Gasteiger partial charge in [-0.2, -0.15) is 5.10 Å². The molecule has 2 heterocycles. The number of carbonyl (C=O) groups is 1. The molecule has 0 fully saturated rings. The number of fused-ring (bicyclic) bond motifs is 1. The van der Waals surface area contributed by atoms with Crippen LogP contribution in [0.3, 0.4) is 0 Å². The Kier molecular flexibility index (Phi) is 4.83. The lowest BCUT2D eigenvalue weighted by atomic mass is 10.1. The van der Waals surface area contributed by atoms with Crippen molar-refractivity contribution in [1.82, 2.24) is 14.8 Å². The molecule has 26 heavy (non-hydrogen) atoms. The molecule has 3 aromatic rings. The maximum Gasteiger partial charge on any atom is 0.280 e. The Morgan fingerprint density at radius 1 is 1.27 bits per heavy atom.